The minimum absolute atomic E-state index is 0.343. The zero-order valence-corrected chi connectivity index (χ0v) is 23.8. The van der Waals surface area contributed by atoms with Gasteiger partial charge in [-0.1, -0.05) is 60.8 Å². The number of carbonyl (C=O) groups excluding carboxylic acids is 3. The van der Waals surface area contributed by atoms with Crippen LogP contribution in [0.25, 0.3) is 0 Å². The van der Waals surface area contributed by atoms with Crippen LogP contribution >= 0.6 is 23.2 Å². The van der Waals surface area contributed by atoms with Crippen LogP contribution in [0.2, 0.25) is 10.0 Å². The highest BCUT2D eigenvalue weighted by atomic mass is 35.5. The monoisotopic (exact) mass is 584 g/mol. The van der Waals surface area contributed by atoms with Gasteiger partial charge in [-0.05, 0) is 59.5 Å². The summed E-state index contributed by atoms with van der Waals surface area (Å²) in [7, 11) is 1.29. The van der Waals surface area contributed by atoms with Crippen molar-refractivity contribution in [2.75, 3.05) is 7.11 Å². The van der Waals surface area contributed by atoms with Crippen molar-refractivity contribution in [3.05, 3.63) is 99.8 Å². The highest BCUT2D eigenvalue weighted by Gasteiger charge is 2.51. The molecule has 1 fully saturated rings. The summed E-state index contributed by atoms with van der Waals surface area (Å²) in [6.45, 7) is 3.19. The SMILES string of the molecule is CCCC(C(=O)OC)N1C(=O)[C@@H]([C@@H](OC(C)=O)c2ccncc2)O[C@H](c2ccc(Cl)cc2)[C@@H]1c1ccc(Cl)cc1. The van der Waals surface area contributed by atoms with E-state index in [0.29, 0.717) is 39.6 Å². The molecule has 0 radical (unpaired) electrons. The first-order chi connectivity index (χ1) is 19.2. The minimum atomic E-state index is -1.28. The van der Waals surface area contributed by atoms with Gasteiger partial charge in [0.2, 0.25) is 0 Å². The molecule has 4 rings (SSSR count). The lowest BCUT2D eigenvalue weighted by molar-refractivity contribution is -0.203. The molecule has 2 heterocycles. The second-order valence-corrected chi connectivity index (χ2v) is 10.3. The van der Waals surface area contributed by atoms with Crippen LogP contribution in [-0.4, -0.2) is 47.0 Å². The molecule has 1 aliphatic heterocycles. The normalized spacial score (nSPS) is 20.5. The molecule has 1 unspecified atom stereocenters. The second-order valence-electron chi connectivity index (χ2n) is 9.41. The third-order valence-electron chi connectivity index (χ3n) is 6.76. The maximum atomic E-state index is 14.5. The van der Waals surface area contributed by atoms with Gasteiger partial charge in [0.25, 0.3) is 5.91 Å². The Hall–Kier alpha value is -3.46. The fourth-order valence-electron chi connectivity index (χ4n) is 4.99. The number of hydrogen-bond donors (Lipinski definition) is 0. The van der Waals surface area contributed by atoms with Gasteiger partial charge in [0.1, 0.15) is 12.1 Å². The number of benzene rings is 2. The van der Waals surface area contributed by atoms with Gasteiger partial charge in [-0.15, -0.1) is 0 Å². The van der Waals surface area contributed by atoms with Crippen LogP contribution in [0.15, 0.2) is 73.1 Å². The summed E-state index contributed by atoms with van der Waals surface area (Å²) in [5.41, 5.74) is 1.94. The van der Waals surface area contributed by atoms with Crippen LogP contribution in [0.4, 0.5) is 0 Å². The van der Waals surface area contributed by atoms with E-state index in [2.05, 4.69) is 4.98 Å². The van der Waals surface area contributed by atoms with E-state index in [4.69, 9.17) is 37.4 Å². The van der Waals surface area contributed by atoms with Gasteiger partial charge in [0, 0.05) is 29.4 Å². The molecule has 0 N–H and O–H groups in total. The molecule has 5 atom stereocenters. The zero-order chi connectivity index (χ0) is 28.8. The summed E-state index contributed by atoms with van der Waals surface area (Å²) in [6.07, 6.45) is 0.875. The highest BCUT2D eigenvalue weighted by molar-refractivity contribution is 6.30. The van der Waals surface area contributed by atoms with Crippen molar-refractivity contribution < 1.29 is 28.6 Å². The standard InChI is InChI=1S/C30H30Cl2N2O6/c1-4-5-24(30(37)38-3)34-25(19-6-10-22(31)11-7-19)26(20-8-12-23(32)13-9-20)40-28(29(34)36)27(39-18(2)35)21-14-16-33-17-15-21/h6-17,24-28H,4-5H2,1-3H3/t24?,25-,26+,27-,28+/m0/s1. The molecule has 40 heavy (non-hydrogen) atoms. The van der Waals surface area contributed by atoms with Crippen molar-refractivity contribution >= 4 is 41.0 Å². The van der Waals surface area contributed by atoms with Gasteiger partial charge in [-0.3, -0.25) is 14.6 Å². The lowest BCUT2D eigenvalue weighted by atomic mass is 9.88. The van der Waals surface area contributed by atoms with E-state index in [0.717, 1.165) is 0 Å². The second kappa shape index (κ2) is 13.3. The molecule has 210 valence electrons. The minimum Gasteiger partial charge on any atom is -0.467 e. The van der Waals surface area contributed by atoms with E-state index < -0.39 is 48.2 Å². The zero-order valence-electron chi connectivity index (χ0n) is 22.3. The molecule has 0 aliphatic carbocycles. The number of esters is 2. The number of pyridine rings is 1. The number of ether oxygens (including phenoxy) is 3. The third-order valence-corrected chi connectivity index (χ3v) is 7.27. The fourth-order valence-corrected chi connectivity index (χ4v) is 5.25. The van der Waals surface area contributed by atoms with E-state index in [-0.39, 0.29) is 0 Å². The van der Waals surface area contributed by atoms with E-state index in [1.807, 2.05) is 6.92 Å². The average Bonchev–Trinajstić information content (AvgIpc) is 2.96. The van der Waals surface area contributed by atoms with Gasteiger partial charge in [-0.2, -0.15) is 0 Å². The summed E-state index contributed by atoms with van der Waals surface area (Å²) in [5.74, 6) is -1.67. The largest absolute Gasteiger partial charge is 0.467 e. The van der Waals surface area contributed by atoms with Crippen LogP contribution in [0.5, 0.6) is 0 Å². The lowest BCUT2D eigenvalue weighted by Crippen LogP contribution is -2.58. The van der Waals surface area contributed by atoms with Crippen LogP contribution < -0.4 is 0 Å². The van der Waals surface area contributed by atoms with Crippen LogP contribution in [0, 0.1) is 0 Å². The first-order valence-corrected chi connectivity index (χ1v) is 13.6. The van der Waals surface area contributed by atoms with Crippen molar-refractivity contribution in [1.29, 1.82) is 0 Å². The summed E-state index contributed by atoms with van der Waals surface area (Å²) < 4.78 is 17.4. The third kappa shape index (κ3) is 6.46. The number of hydrogen-bond acceptors (Lipinski definition) is 7. The van der Waals surface area contributed by atoms with Crippen molar-refractivity contribution in [1.82, 2.24) is 9.88 Å². The van der Waals surface area contributed by atoms with Crippen molar-refractivity contribution in [2.45, 2.75) is 57.1 Å². The summed E-state index contributed by atoms with van der Waals surface area (Å²) >= 11 is 12.4. The molecular formula is C30H30Cl2N2O6. The van der Waals surface area contributed by atoms with Gasteiger partial charge >= 0.3 is 11.9 Å². The molecule has 1 amide bonds. The van der Waals surface area contributed by atoms with Crippen molar-refractivity contribution in [2.24, 2.45) is 0 Å². The van der Waals surface area contributed by atoms with Crippen LogP contribution in [0.3, 0.4) is 0 Å². The average molecular weight is 585 g/mol. The summed E-state index contributed by atoms with van der Waals surface area (Å²) in [6, 6.07) is 15.7. The smallest absolute Gasteiger partial charge is 0.328 e. The first-order valence-electron chi connectivity index (χ1n) is 12.9. The lowest BCUT2D eigenvalue weighted by Gasteiger charge is -2.48. The Balaban J connectivity index is 1.94. The van der Waals surface area contributed by atoms with Gasteiger partial charge < -0.3 is 19.1 Å². The van der Waals surface area contributed by atoms with Crippen molar-refractivity contribution in [3.8, 4) is 0 Å². The molecule has 0 spiro atoms. The van der Waals surface area contributed by atoms with Crippen LogP contribution in [-0.2, 0) is 28.6 Å². The number of rotatable bonds is 9. The fraction of sp³-hybridized carbons (Fsp3) is 0.333. The van der Waals surface area contributed by atoms with E-state index in [1.54, 1.807) is 73.1 Å². The Morgan fingerprint density at radius 3 is 2.08 bits per heavy atom. The molecule has 10 heteroatoms. The molecule has 1 aliphatic rings. The quantitative estimate of drug-likeness (QED) is 0.283. The Morgan fingerprint density at radius 2 is 1.55 bits per heavy atom. The van der Waals surface area contributed by atoms with Gasteiger partial charge in [-0.25, -0.2) is 4.79 Å². The van der Waals surface area contributed by atoms with Gasteiger partial charge in [0.05, 0.1) is 13.2 Å². The topological polar surface area (TPSA) is 95.0 Å². The predicted molar refractivity (Wildman–Crippen MR) is 150 cm³/mol. The number of nitrogens with zero attached hydrogens (tertiary/aromatic N) is 2. The van der Waals surface area contributed by atoms with Crippen molar-refractivity contribution in [3.63, 3.8) is 0 Å². The first kappa shape index (κ1) is 29.5. The van der Waals surface area contributed by atoms with Gasteiger partial charge in [0.15, 0.2) is 12.2 Å². The number of morpholine rings is 1. The molecule has 2 aromatic carbocycles. The number of methoxy groups -OCH3 is 1. The number of halogens is 2. The van der Waals surface area contributed by atoms with Crippen LogP contribution in [0.1, 0.15) is 61.6 Å². The predicted octanol–water partition coefficient (Wildman–Crippen LogP) is 6.04. The number of amides is 1. The molecule has 0 saturated carbocycles. The molecule has 1 saturated heterocycles. The molecule has 8 nitrogen and oxygen atoms in total. The Labute approximate surface area is 243 Å². The Morgan fingerprint density at radius 1 is 0.975 bits per heavy atom. The van der Waals surface area contributed by atoms with E-state index in [9.17, 15) is 14.4 Å². The summed E-state index contributed by atoms with van der Waals surface area (Å²) in [5, 5.41) is 1.05. The maximum Gasteiger partial charge on any atom is 0.328 e. The Kier molecular flexibility index (Phi) is 9.79. The molecule has 3 aromatic rings. The number of aromatic nitrogens is 1. The molecular weight excluding hydrogens is 555 g/mol. The highest BCUT2D eigenvalue weighted by Crippen LogP contribution is 2.46. The molecule has 1 aromatic heterocycles. The maximum absolute atomic E-state index is 14.5. The Bertz CT molecular complexity index is 1320. The van der Waals surface area contributed by atoms with E-state index >= 15 is 0 Å². The summed E-state index contributed by atoms with van der Waals surface area (Å²) in [4.78, 5) is 45.5. The molecule has 0 bridgehead atoms. The number of carbonyl (C=O) groups is 3. The van der Waals surface area contributed by atoms with E-state index in [1.165, 1.54) is 18.9 Å².